The molecule has 1 N–H and O–H groups in total. The molecule has 6 nitrogen and oxygen atoms in total. The lowest BCUT2D eigenvalue weighted by Crippen LogP contribution is -2.50. The summed E-state index contributed by atoms with van der Waals surface area (Å²) in [4.78, 5) is 21.0. The first-order valence-corrected chi connectivity index (χ1v) is 10.9. The third-order valence-electron chi connectivity index (χ3n) is 5.24. The van der Waals surface area contributed by atoms with Crippen molar-refractivity contribution < 1.29 is 9.32 Å². The van der Waals surface area contributed by atoms with E-state index in [1.807, 2.05) is 32.0 Å². The number of aromatic nitrogens is 2. The minimum atomic E-state index is -0.248. The number of carbonyl (C=O) groups is 1. The van der Waals surface area contributed by atoms with Crippen molar-refractivity contribution in [2.75, 3.05) is 6.54 Å². The quantitative estimate of drug-likeness (QED) is 0.645. The summed E-state index contributed by atoms with van der Waals surface area (Å²) in [6.45, 7) is 5.88. The van der Waals surface area contributed by atoms with Crippen molar-refractivity contribution in [2.45, 2.75) is 51.7 Å². The Kier molecular flexibility index (Phi) is 6.06. The Bertz CT molecular complexity index is 951. The number of hydrogen-bond acceptors (Lipinski definition) is 6. The van der Waals surface area contributed by atoms with Crippen LogP contribution >= 0.6 is 11.3 Å². The van der Waals surface area contributed by atoms with Crippen LogP contribution in [-0.4, -0.2) is 33.5 Å². The minimum Gasteiger partial charge on any atom is -0.354 e. The van der Waals surface area contributed by atoms with E-state index in [2.05, 4.69) is 43.9 Å². The summed E-state index contributed by atoms with van der Waals surface area (Å²) in [6, 6.07) is 12.2. The van der Waals surface area contributed by atoms with Gasteiger partial charge in [0.05, 0.1) is 12.6 Å². The molecular weight excluding hydrogens is 384 g/mol. The second kappa shape index (κ2) is 8.88. The molecule has 0 spiro atoms. The predicted octanol–water partition coefficient (Wildman–Crippen LogP) is 3.54. The van der Waals surface area contributed by atoms with Crippen LogP contribution in [0, 0.1) is 0 Å². The van der Waals surface area contributed by atoms with E-state index in [1.165, 1.54) is 16.0 Å². The maximum absolute atomic E-state index is 13.0. The van der Waals surface area contributed by atoms with Crippen LogP contribution in [0.1, 0.15) is 47.5 Å². The van der Waals surface area contributed by atoms with Crippen molar-refractivity contribution in [2.24, 2.45) is 0 Å². The van der Waals surface area contributed by atoms with Gasteiger partial charge in [-0.15, -0.1) is 11.3 Å². The molecule has 1 atom stereocenters. The molecule has 0 fully saturated rings. The zero-order valence-electron chi connectivity index (χ0n) is 16.8. The van der Waals surface area contributed by atoms with Crippen LogP contribution in [-0.2, 0) is 30.7 Å². The van der Waals surface area contributed by atoms with E-state index in [-0.39, 0.29) is 17.9 Å². The highest BCUT2D eigenvalue weighted by Gasteiger charge is 2.32. The Morgan fingerprint density at radius 1 is 1.28 bits per heavy atom. The van der Waals surface area contributed by atoms with Gasteiger partial charge in [-0.05, 0) is 35.4 Å². The van der Waals surface area contributed by atoms with Gasteiger partial charge in [-0.1, -0.05) is 49.3 Å². The molecule has 152 valence electrons. The Morgan fingerprint density at radius 3 is 2.83 bits per heavy atom. The van der Waals surface area contributed by atoms with Crippen molar-refractivity contribution in [3.05, 3.63) is 69.5 Å². The molecule has 0 saturated carbocycles. The molecule has 1 unspecified atom stereocenters. The molecule has 7 heteroatoms. The monoisotopic (exact) mass is 410 g/mol. The lowest BCUT2D eigenvalue weighted by Gasteiger charge is -2.35. The van der Waals surface area contributed by atoms with Gasteiger partial charge in [0.15, 0.2) is 5.82 Å². The van der Waals surface area contributed by atoms with Gasteiger partial charge in [0.25, 0.3) is 0 Å². The normalized spacial score (nSPS) is 16.7. The van der Waals surface area contributed by atoms with Gasteiger partial charge in [-0.2, -0.15) is 4.98 Å². The molecule has 1 amide bonds. The second-order valence-electron chi connectivity index (χ2n) is 7.72. The van der Waals surface area contributed by atoms with Crippen LogP contribution in [0.15, 0.2) is 46.3 Å². The topological polar surface area (TPSA) is 71.3 Å². The Hall–Kier alpha value is -2.51. The number of fused-ring (bicyclic) bond motifs is 1. The van der Waals surface area contributed by atoms with Gasteiger partial charge in [0, 0.05) is 23.9 Å². The van der Waals surface area contributed by atoms with Crippen molar-refractivity contribution in [3.63, 3.8) is 0 Å². The molecule has 1 aliphatic rings. The Labute approximate surface area is 174 Å². The lowest BCUT2D eigenvalue weighted by molar-refractivity contribution is -0.127. The van der Waals surface area contributed by atoms with E-state index in [9.17, 15) is 4.79 Å². The van der Waals surface area contributed by atoms with E-state index in [0.29, 0.717) is 37.8 Å². The minimum absolute atomic E-state index is 0.0552. The van der Waals surface area contributed by atoms with Crippen molar-refractivity contribution >= 4 is 17.2 Å². The van der Waals surface area contributed by atoms with Gasteiger partial charge < -0.3 is 9.84 Å². The Morgan fingerprint density at radius 2 is 2.10 bits per heavy atom. The van der Waals surface area contributed by atoms with Gasteiger partial charge >= 0.3 is 0 Å². The molecule has 3 aromatic rings. The average molecular weight is 411 g/mol. The SMILES string of the molecule is CC(C)c1noc(CN2Cc3ccccc3CC2C(=O)NCCc2cccs2)n1. The summed E-state index contributed by atoms with van der Waals surface area (Å²) in [5, 5.41) is 9.24. The molecule has 3 heterocycles. The van der Waals surface area contributed by atoms with E-state index < -0.39 is 0 Å². The number of rotatable bonds is 7. The van der Waals surface area contributed by atoms with Crippen molar-refractivity contribution in [3.8, 4) is 0 Å². The number of thiophene rings is 1. The maximum atomic E-state index is 13.0. The number of nitrogens with zero attached hydrogens (tertiary/aromatic N) is 3. The van der Waals surface area contributed by atoms with Crippen LogP contribution in [0.4, 0.5) is 0 Å². The second-order valence-corrected chi connectivity index (χ2v) is 8.75. The van der Waals surface area contributed by atoms with Crippen LogP contribution in [0.3, 0.4) is 0 Å². The number of benzene rings is 1. The largest absolute Gasteiger partial charge is 0.354 e. The molecule has 0 aliphatic carbocycles. The van der Waals surface area contributed by atoms with Gasteiger partial charge in [0.1, 0.15) is 0 Å². The summed E-state index contributed by atoms with van der Waals surface area (Å²) in [7, 11) is 0. The predicted molar refractivity (Wildman–Crippen MR) is 113 cm³/mol. The number of carbonyl (C=O) groups excluding carboxylic acids is 1. The van der Waals surface area contributed by atoms with Gasteiger partial charge in [0.2, 0.25) is 11.8 Å². The molecule has 1 aliphatic heterocycles. The van der Waals surface area contributed by atoms with E-state index in [4.69, 9.17) is 4.52 Å². The smallest absolute Gasteiger partial charge is 0.240 e. The molecular formula is C22H26N4O2S. The van der Waals surface area contributed by atoms with Gasteiger partial charge in [-0.3, -0.25) is 9.69 Å². The highest BCUT2D eigenvalue weighted by Crippen LogP contribution is 2.25. The third kappa shape index (κ3) is 4.74. The highest BCUT2D eigenvalue weighted by molar-refractivity contribution is 7.09. The highest BCUT2D eigenvalue weighted by atomic mass is 32.1. The molecule has 2 aromatic heterocycles. The summed E-state index contributed by atoms with van der Waals surface area (Å²) < 4.78 is 5.44. The molecule has 1 aromatic carbocycles. The van der Waals surface area contributed by atoms with Crippen LogP contribution in [0.5, 0.6) is 0 Å². The van der Waals surface area contributed by atoms with Gasteiger partial charge in [-0.25, -0.2) is 0 Å². The fourth-order valence-electron chi connectivity index (χ4n) is 3.62. The molecule has 29 heavy (non-hydrogen) atoms. The fraction of sp³-hybridized carbons (Fsp3) is 0.409. The van der Waals surface area contributed by atoms with E-state index in [0.717, 1.165) is 6.42 Å². The number of nitrogens with one attached hydrogen (secondary N) is 1. The first-order chi connectivity index (χ1) is 14.1. The number of amides is 1. The average Bonchev–Trinajstić information content (AvgIpc) is 3.39. The molecule has 0 saturated heterocycles. The van der Waals surface area contributed by atoms with Crippen LogP contribution in [0.2, 0.25) is 0 Å². The van der Waals surface area contributed by atoms with Crippen LogP contribution in [0.25, 0.3) is 0 Å². The van der Waals surface area contributed by atoms with E-state index in [1.54, 1.807) is 11.3 Å². The molecule has 0 radical (unpaired) electrons. The summed E-state index contributed by atoms with van der Waals surface area (Å²) >= 11 is 1.72. The standard InChI is InChI=1S/C22H26N4O2S/c1-15(2)21-24-20(28-25-21)14-26-13-17-7-4-3-6-16(17)12-19(26)22(27)23-10-9-18-8-5-11-29-18/h3-8,11,15,19H,9-10,12-14H2,1-2H3,(H,23,27). The zero-order valence-corrected chi connectivity index (χ0v) is 17.6. The van der Waals surface area contributed by atoms with Crippen molar-refractivity contribution in [1.29, 1.82) is 0 Å². The fourth-order valence-corrected chi connectivity index (χ4v) is 4.33. The lowest BCUT2D eigenvalue weighted by atomic mass is 9.93. The molecule has 0 bridgehead atoms. The maximum Gasteiger partial charge on any atom is 0.240 e. The summed E-state index contributed by atoms with van der Waals surface area (Å²) in [5.41, 5.74) is 2.48. The third-order valence-corrected chi connectivity index (χ3v) is 6.17. The zero-order chi connectivity index (χ0) is 20.2. The summed E-state index contributed by atoms with van der Waals surface area (Å²) in [5.74, 6) is 1.53. The van der Waals surface area contributed by atoms with E-state index >= 15 is 0 Å². The number of hydrogen-bond donors (Lipinski definition) is 1. The first kappa shape index (κ1) is 19.8. The molecule has 4 rings (SSSR count). The van der Waals surface area contributed by atoms with Crippen molar-refractivity contribution in [1.82, 2.24) is 20.4 Å². The summed E-state index contributed by atoms with van der Waals surface area (Å²) in [6.07, 6.45) is 1.54. The van der Waals surface area contributed by atoms with Crippen LogP contribution < -0.4 is 5.32 Å². The first-order valence-electron chi connectivity index (χ1n) is 10.0. The Balaban J connectivity index is 1.47.